The first-order chi connectivity index (χ1) is 22.0. The second kappa shape index (κ2) is 17.4. The van der Waals surface area contributed by atoms with Gasteiger partial charge in [-0.2, -0.15) is 0 Å². The first-order valence-electron chi connectivity index (χ1n) is 15.7. The lowest BCUT2D eigenvalue weighted by Gasteiger charge is -2.23. The number of nitrogens with zero attached hydrogens (tertiary/aromatic N) is 1. The topological polar surface area (TPSA) is 95.9 Å². The minimum absolute atomic E-state index is 0.0934. The van der Waals surface area contributed by atoms with Crippen molar-refractivity contribution in [2.45, 2.75) is 57.9 Å². The number of carbonyl (C=O) groups is 3. The summed E-state index contributed by atoms with van der Waals surface area (Å²) in [5, 5.41) is 13.1. The number of unbranched alkanes of at least 4 members (excludes halogenated alkanes) is 4. The Kier molecular flexibility index (Phi) is 12.8. The van der Waals surface area contributed by atoms with Crippen LogP contribution >= 0.6 is 0 Å². The summed E-state index contributed by atoms with van der Waals surface area (Å²) in [6.45, 7) is 2.92. The molecule has 7 heteroatoms. The van der Waals surface area contributed by atoms with Gasteiger partial charge in [-0.1, -0.05) is 105 Å². The second-order valence-corrected chi connectivity index (χ2v) is 11.0. The van der Waals surface area contributed by atoms with E-state index in [0.29, 0.717) is 42.1 Å². The highest BCUT2D eigenvalue weighted by Crippen LogP contribution is 2.22. The standard InChI is InChI=1S/C38H42N2O5/c1-2-3-4-5-12-21-36(41)40(31-17-10-7-11-18-31)26-27-45-32-24-22-29(23-25-32)28-35(38(43)44)39-34-20-14-13-19-33(34)37(42)30-15-8-6-9-16-30/h6-11,13-20,22-25,35,39H,2-5,12,21,26-28H2,1H3,(H,43,44). The van der Waals surface area contributed by atoms with Crippen molar-refractivity contribution >= 4 is 29.0 Å². The van der Waals surface area contributed by atoms with Crippen molar-refractivity contribution in [1.82, 2.24) is 0 Å². The summed E-state index contributed by atoms with van der Waals surface area (Å²) in [5.74, 6) is -0.467. The van der Waals surface area contributed by atoms with E-state index in [2.05, 4.69) is 12.2 Å². The highest BCUT2D eigenvalue weighted by atomic mass is 16.5. The molecule has 1 atom stereocenters. The number of carboxylic acids is 1. The maximum atomic E-state index is 13.1. The minimum atomic E-state index is -1.02. The van der Waals surface area contributed by atoms with Gasteiger partial charge in [0.1, 0.15) is 18.4 Å². The molecule has 0 aliphatic carbocycles. The summed E-state index contributed by atoms with van der Waals surface area (Å²) >= 11 is 0. The van der Waals surface area contributed by atoms with Crippen molar-refractivity contribution in [1.29, 1.82) is 0 Å². The molecule has 4 rings (SSSR count). The predicted octanol–water partition coefficient (Wildman–Crippen LogP) is 7.80. The van der Waals surface area contributed by atoms with Crippen LogP contribution in [0.3, 0.4) is 0 Å². The molecule has 234 valence electrons. The van der Waals surface area contributed by atoms with Gasteiger partial charge in [0, 0.05) is 35.3 Å². The largest absolute Gasteiger partial charge is 0.492 e. The van der Waals surface area contributed by atoms with Crippen LogP contribution in [0.1, 0.15) is 66.9 Å². The average molecular weight is 607 g/mol. The molecule has 1 unspecified atom stereocenters. The molecule has 2 N–H and O–H groups in total. The van der Waals surface area contributed by atoms with Crippen LogP contribution in [-0.4, -0.2) is 42.0 Å². The van der Waals surface area contributed by atoms with E-state index in [4.69, 9.17) is 4.74 Å². The van der Waals surface area contributed by atoms with Crippen molar-refractivity contribution in [2.24, 2.45) is 0 Å². The number of ketones is 1. The van der Waals surface area contributed by atoms with Crippen LogP contribution in [-0.2, 0) is 16.0 Å². The van der Waals surface area contributed by atoms with Crippen molar-refractivity contribution < 1.29 is 24.2 Å². The Morgan fingerprint density at radius 3 is 2.11 bits per heavy atom. The first kappa shape index (κ1) is 33.0. The summed E-state index contributed by atoms with van der Waals surface area (Å²) in [6, 6.07) is 31.9. The molecule has 0 aromatic heterocycles. The molecule has 4 aromatic rings. The zero-order valence-electron chi connectivity index (χ0n) is 25.9. The van der Waals surface area contributed by atoms with Gasteiger partial charge in [-0.3, -0.25) is 9.59 Å². The molecule has 1 amide bonds. The monoisotopic (exact) mass is 606 g/mol. The van der Waals surface area contributed by atoms with Gasteiger partial charge < -0.3 is 20.1 Å². The quantitative estimate of drug-likeness (QED) is 0.0887. The number of carboxylic acid groups (broad SMARTS) is 1. The molecule has 0 bridgehead atoms. The van der Waals surface area contributed by atoms with E-state index in [9.17, 15) is 19.5 Å². The maximum Gasteiger partial charge on any atom is 0.326 e. The minimum Gasteiger partial charge on any atom is -0.492 e. The number of aliphatic carboxylic acids is 1. The summed E-state index contributed by atoms with van der Waals surface area (Å²) in [7, 11) is 0. The van der Waals surface area contributed by atoms with Crippen LogP contribution < -0.4 is 15.0 Å². The average Bonchev–Trinajstić information content (AvgIpc) is 3.07. The predicted molar refractivity (Wildman–Crippen MR) is 179 cm³/mol. The second-order valence-electron chi connectivity index (χ2n) is 11.0. The molecule has 7 nitrogen and oxygen atoms in total. The zero-order chi connectivity index (χ0) is 31.9. The Hall–Kier alpha value is -4.91. The third kappa shape index (κ3) is 10.1. The number of carbonyl (C=O) groups excluding carboxylic acids is 2. The van der Waals surface area contributed by atoms with E-state index in [1.54, 1.807) is 53.4 Å². The Labute approximate surface area is 265 Å². The lowest BCUT2D eigenvalue weighted by atomic mass is 10.00. The lowest BCUT2D eigenvalue weighted by Crippen LogP contribution is -2.34. The van der Waals surface area contributed by atoms with E-state index in [0.717, 1.165) is 30.5 Å². The van der Waals surface area contributed by atoms with Crippen LogP contribution in [0.25, 0.3) is 0 Å². The molecule has 0 spiro atoms. The number of hydrogen-bond donors (Lipinski definition) is 2. The highest BCUT2D eigenvalue weighted by Gasteiger charge is 2.21. The van der Waals surface area contributed by atoms with E-state index in [1.165, 1.54) is 12.8 Å². The summed E-state index contributed by atoms with van der Waals surface area (Å²) in [5.41, 5.74) is 3.08. The fourth-order valence-electron chi connectivity index (χ4n) is 5.17. The summed E-state index contributed by atoms with van der Waals surface area (Å²) in [4.78, 5) is 40.2. The molecule has 0 saturated heterocycles. The van der Waals surface area contributed by atoms with Crippen LogP contribution in [0.4, 0.5) is 11.4 Å². The molecule has 0 saturated carbocycles. The molecular weight excluding hydrogens is 564 g/mol. The number of rotatable bonds is 18. The van der Waals surface area contributed by atoms with Crippen molar-refractivity contribution in [3.8, 4) is 5.75 Å². The number of hydrogen-bond acceptors (Lipinski definition) is 5. The fourth-order valence-corrected chi connectivity index (χ4v) is 5.17. The number of anilines is 2. The van der Waals surface area contributed by atoms with Gasteiger partial charge in [0.2, 0.25) is 5.91 Å². The highest BCUT2D eigenvalue weighted by molar-refractivity contribution is 6.12. The number of benzene rings is 4. The van der Waals surface area contributed by atoms with Crippen molar-refractivity contribution in [3.05, 3.63) is 126 Å². The summed E-state index contributed by atoms with van der Waals surface area (Å²) < 4.78 is 5.99. The summed E-state index contributed by atoms with van der Waals surface area (Å²) in [6.07, 6.45) is 6.17. The van der Waals surface area contributed by atoms with E-state index in [1.807, 2.05) is 60.7 Å². The van der Waals surface area contributed by atoms with Crippen LogP contribution in [0.15, 0.2) is 109 Å². The molecule has 0 fully saturated rings. The number of nitrogens with one attached hydrogen (secondary N) is 1. The van der Waals surface area contributed by atoms with E-state index < -0.39 is 12.0 Å². The van der Waals surface area contributed by atoms with Crippen molar-refractivity contribution in [3.63, 3.8) is 0 Å². The normalized spacial score (nSPS) is 11.4. The Bertz CT molecular complexity index is 1510. The van der Waals surface area contributed by atoms with E-state index in [-0.39, 0.29) is 18.1 Å². The fraction of sp³-hybridized carbons (Fsp3) is 0.289. The molecule has 0 heterocycles. The Morgan fingerprint density at radius 1 is 0.778 bits per heavy atom. The zero-order valence-corrected chi connectivity index (χ0v) is 25.9. The number of para-hydroxylation sites is 2. The van der Waals surface area contributed by atoms with Gasteiger partial charge in [-0.25, -0.2) is 4.79 Å². The van der Waals surface area contributed by atoms with Gasteiger partial charge in [-0.15, -0.1) is 0 Å². The van der Waals surface area contributed by atoms with Gasteiger partial charge in [0.25, 0.3) is 0 Å². The van der Waals surface area contributed by atoms with Gasteiger partial charge in [0.05, 0.1) is 6.54 Å². The van der Waals surface area contributed by atoms with Crippen LogP contribution in [0.5, 0.6) is 5.75 Å². The maximum absolute atomic E-state index is 13.1. The van der Waals surface area contributed by atoms with Crippen LogP contribution in [0.2, 0.25) is 0 Å². The molecule has 4 aromatic carbocycles. The molecule has 0 radical (unpaired) electrons. The van der Waals surface area contributed by atoms with Crippen molar-refractivity contribution in [2.75, 3.05) is 23.4 Å². The first-order valence-corrected chi connectivity index (χ1v) is 15.7. The van der Waals surface area contributed by atoms with Gasteiger partial charge in [0.15, 0.2) is 5.78 Å². The third-order valence-electron chi connectivity index (χ3n) is 7.65. The van der Waals surface area contributed by atoms with Crippen LogP contribution in [0, 0.1) is 0 Å². The molecular formula is C38H42N2O5. The Balaban J connectivity index is 1.34. The van der Waals surface area contributed by atoms with Gasteiger partial charge in [-0.05, 0) is 48.4 Å². The Morgan fingerprint density at radius 2 is 1.42 bits per heavy atom. The molecule has 45 heavy (non-hydrogen) atoms. The molecule has 0 aliphatic rings. The number of ether oxygens (including phenoxy) is 1. The third-order valence-corrected chi connectivity index (χ3v) is 7.65. The van der Waals surface area contributed by atoms with Gasteiger partial charge >= 0.3 is 5.97 Å². The lowest BCUT2D eigenvalue weighted by molar-refractivity contribution is -0.137. The smallest absolute Gasteiger partial charge is 0.326 e. The van der Waals surface area contributed by atoms with E-state index >= 15 is 0 Å². The molecule has 0 aliphatic heterocycles. The number of amides is 1. The SMILES string of the molecule is CCCCCCCC(=O)N(CCOc1ccc(CC(Nc2ccccc2C(=O)c2ccccc2)C(=O)O)cc1)c1ccccc1.